The number of anilines is 1. The second-order valence-corrected chi connectivity index (χ2v) is 8.08. The first-order chi connectivity index (χ1) is 15.2. The van der Waals surface area contributed by atoms with E-state index < -0.39 is 0 Å². The average Bonchev–Trinajstić information content (AvgIpc) is 3.41. The van der Waals surface area contributed by atoms with Crippen LogP contribution in [0, 0.1) is 11.7 Å². The van der Waals surface area contributed by atoms with Gasteiger partial charge in [-0.2, -0.15) is 5.10 Å². The number of carbonyl (C=O) groups excluding carboxylic acids is 1. The van der Waals surface area contributed by atoms with Crippen LogP contribution in [0.15, 0.2) is 79.0 Å². The van der Waals surface area contributed by atoms with E-state index in [4.69, 9.17) is 0 Å². The van der Waals surface area contributed by atoms with Crippen molar-refractivity contribution in [3.05, 3.63) is 95.9 Å². The lowest BCUT2D eigenvalue weighted by Crippen LogP contribution is -2.29. The molecule has 2 unspecified atom stereocenters. The summed E-state index contributed by atoms with van der Waals surface area (Å²) in [5.74, 6) is -0.901. The van der Waals surface area contributed by atoms with Crippen molar-refractivity contribution < 1.29 is 9.18 Å². The van der Waals surface area contributed by atoms with Crippen molar-refractivity contribution in [3.63, 3.8) is 0 Å². The first-order valence-corrected chi connectivity index (χ1v) is 10.4. The van der Waals surface area contributed by atoms with Gasteiger partial charge in [0.1, 0.15) is 5.82 Å². The number of nitrogens with zero attached hydrogens (tertiary/aromatic N) is 2. The Morgan fingerprint density at radius 1 is 1.06 bits per heavy atom. The molecule has 0 spiro atoms. The highest BCUT2D eigenvalue weighted by molar-refractivity contribution is 5.95. The molecule has 0 radical (unpaired) electrons. The molecule has 0 aliphatic carbocycles. The molecule has 2 atom stereocenters. The van der Waals surface area contributed by atoms with E-state index in [1.807, 2.05) is 42.5 Å². The van der Waals surface area contributed by atoms with Crippen molar-refractivity contribution >= 4 is 22.5 Å². The molecule has 156 valence electrons. The molecule has 0 saturated carbocycles. The molecule has 1 saturated heterocycles. The van der Waals surface area contributed by atoms with Gasteiger partial charge in [0.05, 0.1) is 17.6 Å². The fourth-order valence-corrected chi connectivity index (χ4v) is 4.47. The van der Waals surface area contributed by atoms with Gasteiger partial charge in [0.15, 0.2) is 0 Å². The molecule has 1 aliphatic rings. The van der Waals surface area contributed by atoms with Gasteiger partial charge in [-0.1, -0.05) is 48.5 Å². The van der Waals surface area contributed by atoms with Gasteiger partial charge in [-0.15, -0.1) is 0 Å². The van der Waals surface area contributed by atoms with Crippen LogP contribution in [-0.2, 0) is 11.3 Å². The van der Waals surface area contributed by atoms with Crippen LogP contribution >= 0.6 is 0 Å². The monoisotopic (exact) mass is 414 g/mol. The van der Waals surface area contributed by atoms with Crippen LogP contribution in [0.1, 0.15) is 17.0 Å². The molecule has 3 aromatic carbocycles. The molecule has 31 heavy (non-hydrogen) atoms. The number of H-pyrrole nitrogens is 1. The minimum Gasteiger partial charge on any atom is -0.326 e. The molecule has 4 aromatic rings. The summed E-state index contributed by atoms with van der Waals surface area (Å²) in [7, 11) is 0. The van der Waals surface area contributed by atoms with Crippen molar-refractivity contribution in [3.8, 4) is 0 Å². The number of rotatable bonds is 5. The number of carbonyl (C=O) groups is 1. The van der Waals surface area contributed by atoms with E-state index >= 15 is 0 Å². The molecule has 1 aromatic heterocycles. The maximum atomic E-state index is 14.6. The minimum absolute atomic E-state index is 0.0911. The average molecular weight is 414 g/mol. The van der Waals surface area contributed by atoms with Crippen LogP contribution in [0.3, 0.4) is 0 Å². The van der Waals surface area contributed by atoms with Crippen molar-refractivity contribution in [2.24, 2.45) is 5.92 Å². The summed E-state index contributed by atoms with van der Waals surface area (Å²) in [6.07, 6.45) is 1.73. The second kappa shape index (κ2) is 8.32. The van der Waals surface area contributed by atoms with Crippen LogP contribution in [0.4, 0.5) is 10.1 Å². The van der Waals surface area contributed by atoms with Gasteiger partial charge in [-0.3, -0.25) is 14.8 Å². The molecular formula is C25H23FN4O. The van der Waals surface area contributed by atoms with Gasteiger partial charge in [0.25, 0.3) is 0 Å². The normalized spacial score (nSPS) is 19.0. The van der Waals surface area contributed by atoms with Crippen LogP contribution in [-0.4, -0.2) is 34.1 Å². The first kappa shape index (κ1) is 19.5. The number of hydrogen-bond acceptors (Lipinski definition) is 3. The predicted molar refractivity (Wildman–Crippen MR) is 119 cm³/mol. The van der Waals surface area contributed by atoms with E-state index in [9.17, 15) is 9.18 Å². The van der Waals surface area contributed by atoms with Crippen molar-refractivity contribution in [1.29, 1.82) is 0 Å². The van der Waals surface area contributed by atoms with Crippen LogP contribution < -0.4 is 5.32 Å². The summed E-state index contributed by atoms with van der Waals surface area (Å²) >= 11 is 0. The Bertz CT molecular complexity index is 1210. The summed E-state index contributed by atoms with van der Waals surface area (Å²) < 4.78 is 14.6. The van der Waals surface area contributed by atoms with E-state index in [0.717, 1.165) is 17.4 Å². The Kier molecular flexibility index (Phi) is 5.22. The quantitative estimate of drug-likeness (QED) is 0.503. The summed E-state index contributed by atoms with van der Waals surface area (Å²) in [6.45, 7) is 1.94. The lowest BCUT2D eigenvalue weighted by atomic mass is 9.88. The lowest BCUT2D eigenvalue weighted by Gasteiger charge is -2.19. The number of hydrogen-bond donors (Lipinski definition) is 2. The summed E-state index contributed by atoms with van der Waals surface area (Å²) in [5, 5.41) is 10.9. The molecule has 1 aliphatic heterocycles. The van der Waals surface area contributed by atoms with Gasteiger partial charge in [0.2, 0.25) is 5.91 Å². The third kappa shape index (κ3) is 4.07. The fourth-order valence-electron chi connectivity index (χ4n) is 4.47. The summed E-state index contributed by atoms with van der Waals surface area (Å²) in [6, 6.07) is 22.6. The van der Waals surface area contributed by atoms with E-state index in [1.165, 1.54) is 11.6 Å². The molecule has 6 heteroatoms. The molecule has 2 heterocycles. The number of halogens is 1. The van der Waals surface area contributed by atoms with Gasteiger partial charge in [0, 0.05) is 36.6 Å². The van der Waals surface area contributed by atoms with E-state index in [-0.39, 0.29) is 23.6 Å². The standard InChI is InChI=1S/C25H23FN4O/c26-23-9-5-4-8-20(23)21-15-30(14-17-6-2-1-3-7-17)16-22(21)25(31)28-19-10-11-24-18(12-19)13-27-29-24/h1-13,21-22H,14-16H2,(H,27,29)(H,28,31). The molecular weight excluding hydrogens is 391 g/mol. The zero-order chi connectivity index (χ0) is 21.2. The lowest BCUT2D eigenvalue weighted by molar-refractivity contribution is -0.119. The number of aromatic amines is 1. The first-order valence-electron chi connectivity index (χ1n) is 10.4. The molecule has 1 amide bonds. The van der Waals surface area contributed by atoms with E-state index in [2.05, 4.69) is 32.5 Å². The second-order valence-electron chi connectivity index (χ2n) is 8.08. The van der Waals surface area contributed by atoms with Crippen molar-refractivity contribution in [2.75, 3.05) is 18.4 Å². The van der Waals surface area contributed by atoms with Crippen molar-refractivity contribution in [1.82, 2.24) is 15.1 Å². The number of amides is 1. The Morgan fingerprint density at radius 3 is 2.71 bits per heavy atom. The Hall–Kier alpha value is -3.51. The van der Waals surface area contributed by atoms with E-state index in [1.54, 1.807) is 18.3 Å². The number of fused-ring (bicyclic) bond motifs is 1. The number of benzene rings is 3. The molecule has 1 fully saturated rings. The van der Waals surface area contributed by atoms with Crippen LogP contribution in [0.5, 0.6) is 0 Å². The molecule has 5 nitrogen and oxygen atoms in total. The summed E-state index contributed by atoms with van der Waals surface area (Å²) in [5.41, 5.74) is 3.41. The topological polar surface area (TPSA) is 61.0 Å². The number of likely N-dealkylation sites (tertiary alicyclic amines) is 1. The van der Waals surface area contributed by atoms with Gasteiger partial charge in [-0.25, -0.2) is 4.39 Å². The molecule has 5 rings (SSSR count). The zero-order valence-corrected chi connectivity index (χ0v) is 17.0. The highest BCUT2D eigenvalue weighted by atomic mass is 19.1. The fraction of sp³-hybridized carbons (Fsp3) is 0.200. The highest BCUT2D eigenvalue weighted by Gasteiger charge is 2.39. The van der Waals surface area contributed by atoms with Gasteiger partial charge in [-0.05, 0) is 35.4 Å². The maximum absolute atomic E-state index is 14.6. The third-order valence-electron chi connectivity index (χ3n) is 5.99. The summed E-state index contributed by atoms with van der Waals surface area (Å²) in [4.78, 5) is 15.5. The van der Waals surface area contributed by atoms with Gasteiger partial charge < -0.3 is 5.32 Å². The Morgan fingerprint density at radius 2 is 1.87 bits per heavy atom. The number of aromatic nitrogens is 2. The molecule has 0 bridgehead atoms. The number of nitrogens with one attached hydrogen (secondary N) is 2. The van der Waals surface area contributed by atoms with Crippen LogP contribution in [0.25, 0.3) is 10.9 Å². The highest BCUT2D eigenvalue weighted by Crippen LogP contribution is 2.35. The Balaban J connectivity index is 1.40. The smallest absolute Gasteiger partial charge is 0.229 e. The van der Waals surface area contributed by atoms with Crippen LogP contribution in [0.2, 0.25) is 0 Å². The zero-order valence-electron chi connectivity index (χ0n) is 17.0. The van der Waals surface area contributed by atoms with Crippen molar-refractivity contribution in [2.45, 2.75) is 12.5 Å². The van der Waals surface area contributed by atoms with E-state index in [0.29, 0.717) is 24.3 Å². The van der Waals surface area contributed by atoms with Gasteiger partial charge >= 0.3 is 0 Å². The molecule has 2 N–H and O–H groups in total. The maximum Gasteiger partial charge on any atom is 0.229 e. The Labute approximate surface area is 179 Å². The predicted octanol–water partition coefficient (Wildman–Crippen LogP) is 4.56. The minimum atomic E-state index is -0.347. The third-order valence-corrected chi connectivity index (χ3v) is 5.99. The largest absolute Gasteiger partial charge is 0.326 e. The SMILES string of the molecule is O=C(Nc1ccc2[nH]ncc2c1)C1CN(Cc2ccccc2)CC1c1ccccc1F.